The van der Waals surface area contributed by atoms with Gasteiger partial charge in [0.2, 0.25) is 0 Å². The molecule has 7 heteroatoms. The summed E-state index contributed by atoms with van der Waals surface area (Å²) >= 11 is 5.95. The molecule has 1 heterocycles. The standard InChI is InChI=1S/C15H19ClN6/c1-15(2,3)22-14-11(12(17)19-8-20-14)13(18)21-10-6-4-5-9(16)7-10/h4-8H,1-3H3,(H2,18,21)(H3,17,19,20,22). The van der Waals surface area contributed by atoms with E-state index >= 15 is 0 Å². The maximum Gasteiger partial charge on any atom is 0.143 e. The van der Waals surface area contributed by atoms with Gasteiger partial charge < -0.3 is 16.4 Å². The zero-order valence-corrected chi connectivity index (χ0v) is 13.5. The van der Waals surface area contributed by atoms with Crippen LogP contribution in [-0.2, 0) is 0 Å². The van der Waals surface area contributed by atoms with Gasteiger partial charge in [0.15, 0.2) is 0 Å². The Labute approximate surface area is 134 Å². The number of rotatable bonds is 3. The predicted octanol–water partition coefficient (Wildman–Crippen LogP) is 3.36. The van der Waals surface area contributed by atoms with Crippen LogP contribution in [0.25, 0.3) is 0 Å². The second-order valence-corrected chi connectivity index (χ2v) is 6.30. The lowest BCUT2D eigenvalue weighted by Crippen LogP contribution is -2.29. The number of benzene rings is 1. The molecule has 0 spiro atoms. The van der Waals surface area contributed by atoms with E-state index in [0.29, 0.717) is 22.1 Å². The first-order valence-electron chi connectivity index (χ1n) is 6.76. The quantitative estimate of drug-likeness (QED) is 0.513. The molecule has 1 aromatic carbocycles. The Morgan fingerprint density at radius 1 is 1.27 bits per heavy atom. The highest BCUT2D eigenvalue weighted by atomic mass is 35.5. The first kappa shape index (κ1) is 16.0. The smallest absolute Gasteiger partial charge is 0.143 e. The molecule has 0 aliphatic rings. The normalized spacial score (nSPS) is 11.1. The van der Waals surface area contributed by atoms with Crippen LogP contribution in [0.15, 0.2) is 30.6 Å². The molecular weight excluding hydrogens is 300 g/mol. The van der Waals surface area contributed by atoms with E-state index in [2.05, 4.69) is 20.6 Å². The topological polar surface area (TPSA) is 99.7 Å². The SMILES string of the molecule is CC(C)(C)Nc1ncnc(N)c1C(=N)Nc1cccc(Cl)c1. The van der Waals surface area contributed by atoms with Gasteiger partial charge in [-0.25, -0.2) is 9.97 Å². The molecule has 5 N–H and O–H groups in total. The summed E-state index contributed by atoms with van der Waals surface area (Å²) in [5, 5.41) is 15.1. The number of nitrogens with two attached hydrogens (primary N) is 1. The van der Waals surface area contributed by atoms with E-state index in [4.69, 9.17) is 22.7 Å². The Kier molecular flexibility index (Phi) is 4.51. The highest BCUT2D eigenvalue weighted by Crippen LogP contribution is 2.23. The minimum absolute atomic E-state index is 0.104. The highest BCUT2D eigenvalue weighted by Gasteiger charge is 2.19. The lowest BCUT2D eigenvalue weighted by atomic mass is 10.1. The zero-order chi connectivity index (χ0) is 16.3. The molecule has 6 nitrogen and oxygen atoms in total. The summed E-state index contributed by atoms with van der Waals surface area (Å²) in [4.78, 5) is 8.17. The molecular formula is C15H19ClN6. The van der Waals surface area contributed by atoms with Gasteiger partial charge in [-0.1, -0.05) is 17.7 Å². The fraction of sp³-hybridized carbons (Fsp3) is 0.267. The van der Waals surface area contributed by atoms with E-state index in [1.807, 2.05) is 26.8 Å². The van der Waals surface area contributed by atoms with Crippen molar-refractivity contribution in [3.8, 4) is 0 Å². The van der Waals surface area contributed by atoms with Gasteiger partial charge in [-0.15, -0.1) is 0 Å². The van der Waals surface area contributed by atoms with Crippen LogP contribution in [0.4, 0.5) is 17.3 Å². The fourth-order valence-corrected chi connectivity index (χ4v) is 2.06. The summed E-state index contributed by atoms with van der Waals surface area (Å²) in [6, 6.07) is 7.12. The van der Waals surface area contributed by atoms with Gasteiger partial charge >= 0.3 is 0 Å². The van der Waals surface area contributed by atoms with Gasteiger partial charge in [0.1, 0.15) is 29.4 Å². The van der Waals surface area contributed by atoms with Crippen molar-refractivity contribution < 1.29 is 0 Å². The molecule has 2 aromatic rings. The van der Waals surface area contributed by atoms with E-state index < -0.39 is 0 Å². The fourth-order valence-electron chi connectivity index (χ4n) is 1.87. The lowest BCUT2D eigenvalue weighted by molar-refractivity contribution is 0.630. The number of nitrogens with one attached hydrogen (secondary N) is 3. The first-order valence-corrected chi connectivity index (χ1v) is 7.14. The van der Waals surface area contributed by atoms with Gasteiger partial charge in [0.25, 0.3) is 0 Å². The summed E-state index contributed by atoms with van der Waals surface area (Å²) in [6.45, 7) is 6.01. The van der Waals surface area contributed by atoms with Crippen LogP contribution in [0, 0.1) is 5.41 Å². The van der Waals surface area contributed by atoms with E-state index in [1.165, 1.54) is 6.33 Å². The van der Waals surface area contributed by atoms with Crippen LogP contribution in [0.1, 0.15) is 26.3 Å². The maximum atomic E-state index is 8.27. The summed E-state index contributed by atoms with van der Waals surface area (Å²) in [7, 11) is 0. The van der Waals surface area contributed by atoms with E-state index in [1.54, 1.807) is 18.2 Å². The van der Waals surface area contributed by atoms with Crippen LogP contribution in [-0.4, -0.2) is 21.3 Å². The zero-order valence-electron chi connectivity index (χ0n) is 12.7. The maximum absolute atomic E-state index is 8.27. The molecule has 0 radical (unpaired) electrons. The monoisotopic (exact) mass is 318 g/mol. The van der Waals surface area contributed by atoms with Crippen molar-refractivity contribution in [2.24, 2.45) is 0 Å². The number of nitrogens with zero attached hydrogens (tertiary/aromatic N) is 2. The van der Waals surface area contributed by atoms with E-state index in [9.17, 15) is 0 Å². The average molecular weight is 319 g/mol. The molecule has 116 valence electrons. The number of hydrogen-bond acceptors (Lipinski definition) is 5. The third-order valence-corrected chi connectivity index (χ3v) is 2.95. The lowest BCUT2D eigenvalue weighted by Gasteiger charge is -2.23. The summed E-state index contributed by atoms with van der Waals surface area (Å²) < 4.78 is 0. The molecule has 0 bridgehead atoms. The number of hydrogen-bond donors (Lipinski definition) is 4. The number of amidine groups is 1. The predicted molar refractivity (Wildman–Crippen MR) is 91.7 cm³/mol. The minimum Gasteiger partial charge on any atom is -0.383 e. The van der Waals surface area contributed by atoms with Crippen LogP contribution >= 0.6 is 11.6 Å². The van der Waals surface area contributed by atoms with Crippen LogP contribution in [0.5, 0.6) is 0 Å². The minimum atomic E-state index is -0.216. The summed E-state index contributed by atoms with van der Waals surface area (Å²) in [5.41, 5.74) is 6.84. The molecule has 0 atom stereocenters. The molecule has 0 aliphatic carbocycles. The molecule has 0 saturated heterocycles. The molecule has 2 rings (SSSR count). The largest absolute Gasteiger partial charge is 0.383 e. The van der Waals surface area contributed by atoms with Crippen LogP contribution in [0.2, 0.25) is 5.02 Å². The number of nitrogen functional groups attached to an aromatic ring is 1. The summed E-state index contributed by atoms with van der Waals surface area (Å²) in [5.74, 6) is 0.855. The number of halogens is 1. The van der Waals surface area contributed by atoms with Crippen molar-refractivity contribution in [1.29, 1.82) is 5.41 Å². The van der Waals surface area contributed by atoms with Gasteiger partial charge in [-0.3, -0.25) is 5.41 Å². The van der Waals surface area contributed by atoms with Gasteiger partial charge in [0.05, 0.1) is 0 Å². The van der Waals surface area contributed by atoms with Crippen molar-refractivity contribution >= 4 is 34.8 Å². The Balaban J connectivity index is 2.32. The number of anilines is 3. The third-order valence-electron chi connectivity index (χ3n) is 2.71. The molecule has 22 heavy (non-hydrogen) atoms. The Morgan fingerprint density at radius 2 is 2.00 bits per heavy atom. The second-order valence-electron chi connectivity index (χ2n) is 5.87. The Hall–Kier alpha value is -2.34. The molecule has 0 saturated carbocycles. The van der Waals surface area contributed by atoms with Crippen molar-refractivity contribution in [3.05, 3.63) is 41.2 Å². The van der Waals surface area contributed by atoms with Gasteiger partial charge in [-0.2, -0.15) is 0 Å². The number of aromatic nitrogens is 2. The van der Waals surface area contributed by atoms with E-state index in [0.717, 1.165) is 0 Å². The molecule has 1 aromatic heterocycles. The third kappa shape index (κ3) is 4.08. The first-order chi connectivity index (χ1) is 10.3. The van der Waals surface area contributed by atoms with Crippen molar-refractivity contribution in [3.63, 3.8) is 0 Å². The van der Waals surface area contributed by atoms with Gasteiger partial charge in [0, 0.05) is 16.2 Å². The van der Waals surface area contributed by atoms with Crippen molar-refractivity contribution in [2.45, 2.75) is 26.3 Å². The van der Waals surface area contributed by atoms with Crippen molar-refractivity contribution in [2.75, 3.05) is 16.4 Å². The Bertz CT molecular complexity index is 693. The van der Waals surface area contributed by atoms with Crippen LogP contribution in [0.3, 0.4) is 0 Å². The highest BCUT2D eigenvalue weighted by molar-refractivity contribution is 6.31. The van der Waals surface area contributed by atoms with Crippen molar-refractivity contribution in [1.82, 2.24) is 9.97 Å². The van der Waals surface area contributed by atoms with Crippen LogP contribution < -0.4 is 16.4 Å². The molecule has 0 unspecified atom stereocenters. The van der Waals surface area contributed by atoms with Gasteiger partial charge in [-0.05, 0) is 39.0 Å². The summed E-state index contributed by atoms with van der Waals surface area (Å²) in [6.07, 6.45) is 1.37. The second kappa shape index (κ2) is 6.19. The molecule has 0 fully saturated rings. The molecule has 0 amide bonds. The molecule has 0 aliphatic heterocycles. The Morgan fingerprint density at radius 3 is 2.64 bits per heavy atom. The van der Waals surface area contributed by atoms with E-state index in [-0.39, 0.29) is 17.2 Å². The average Bonchev–Trinajstić information content (AvgIpc) is 2.36.